The van der Waals surface area contributed by atoms with Gasteiger partial charge in [-0.3, -0.25) is 4.79 Å². The highest BCUT2D eigenvalue weighted by Crippen LogP contribution is 2.37. The summed E-state index contributed by atoms with van der Waals surface area (Å²) in [6.45, 7) is 7.89. The summed E-state index contributed by atoms with van der Waals surface area (Å²) in [6, 6.07) is 9.23. The van der Waals surface area contributed by atoms with Crippen molar-refractivity contribution in [2.24, 2.45) is 11.3 Å². The average Bonchev–Trinajstić information content (AvgIpc) is 2.28. The summed E-state index contributed by atoms with van der Waals surface area (Å²) in [4.78, 5) is 12.0. The molecule has 0 aliphatic carbocycles. The molecule has 0 radical (unpaired) electrons. The SMILES string of the molecule is CCOC(=O)[C@H]([C@H](O)c1ccccc1)C(C)(C)C. The van der Waals surface area contributed by atoms with Crippen LogP contribution in [0.25, 0.3) is 0 Å². The van der Waals surface area contributed by atoms with Crippen molar-refractivity contribution in [3.8, 4) is 0 Å². The van der Waals surface area contributed by atoms with Crippen molar-refractivity contribution in [1.29, 1.82) is 0 Å². The molecular formula is C15H22O3. The summed E-state index contributed by atoms with van der Waals surface area (Å²) < 4.78 is 5.07. The Labute approximate surface area is 109 Å². The topological polar surface area (TPSA) is 46.5 Å². The number of hydrogen-bond acceptors (Lipinski definition) is 3. The van der Waals surface area contributed by atoms with Crippen LogP contribution >= 0.6 is 0 Å². The first-order chi connectivity index (χ1) is 8.38. The van der Waals surface area contributed by atoms with Crippen LogP contribution in [0, 0.1) is 11.3 Å². The van der Waals surface area contributed by atoms with E-state index in [1.807, 2.05) is 51.1 Å². The quantitative estimate of drug-likeness (QED) is 0.836. The van der Waals surface area contributed by atoms with Gasteiger partial charge in [0, 0.05) is 0 Å². The van der Waals surface area contributed by atoms with E-state index in [1.165, 1.54) is 0 Å². The van der Waals surface area contributed by atoms with E-state index in [0.717, 1.165) is 5.56 Å². The van der Waals surface area contributed by atoms with Crippen LogP contribution in [0.1, 0.15) is 39.4 Å². The zero-order chi connectivity index (χ0) is 13.8. The molecular weight excluding hydrogens is 228 g/mol. The van der Waals surface area contributed by atoms with Crippen LogP contribution in [-0.2, 0) is 9.53 Å². The maximum atomic E-state index is 12.0. The summed E-state index contributed by atoms with van der Waals surface area (Å²) in [5.74, 6) is -0.916. The van der Waals surface area contributed by atoms with Gasteiger partial charge in [0.1, 0.15) is 0 Å². The fourth-order valence-electron chi connectivity index (χ4n) is 2.03. The largest absolute Gasteiger partial charge is 0.466 e. The van der Waals surface area contributed by atoms with Crippen LogP contribution in [0.15, 0.2) is 30.3 Å². The van der Waals surface area contributed by atoms with Gasteiger partial charge in [-0.2, -0.15) is 0 Å². The van der Waals surface area contributed by atoms with Gasteiger partial charge in [-0.05, 0) is 17.9 Å². The number of esters is 1. The first-order valence-electron chi connectivity index (χ1n) is 6.27. The second-order valence-electron chi connectivity index (χ2n) is 5.45. The molecule has 0 saturated heterocycles. The molecule has 100 valence electrons. The minimum Gasteiger partial charge on any atom is -0.466 e. The number of benzene rings is 1. The summed E-state index contributed by atoms with van der Waals surface area (Å²) >= 11 is 0. The number of aliphatic hydroxyl groups excluding tert-OH is 1. The second-order valence-corrected chi connectivity index (χ2v) is 5.45. The Morgan fingerprint density at radius 1 is 1.28 bits per heavy atom. The van der Waals surface area contributed by atoms with Crippen LogP contribution in [0.4, 0.5) is 0 Å². The lowest BCUT2D eigenvalue weighted by Gasteiger charge is -2.32. The Bertz CT molecular complexity index is 378. The highest BCUT2D eigenvalue weighted by Gasteiger charge is 2.39. The normalized spacial score (nSPS) is 14.9. The van der Waals surface area contributed by atoms with E-state index in [9.17, 15) is 9.90 Å². The van der Waals surface area contributed by atoms with Gasteiger partial charge in [-0.1, -0.05) is 51.1 Å². The van der Waals surface area contributed by atoms with Gasteiger partial charge in [0.15, 0.2) is 0 Å². The molecule has 0 aliphatic rings. The molecule has 0 aromatic heterocycles. The van der Waals surface area contributed by atoms with Crippen molar-refractivity contribution < 1.29 is 14.6 Å². The number of aliphatic hydroxyl groups is 1. The highest BCUT2D eigenvalue weighted by molar-refractivity contribution is 5.74. The zero-order valence-corrected chi connectivity index (χ0v) is 11.5. The molecule has 1 aromatic rings. The predicted molar refractivity (Wildman–Crippen MR) is 71.0 cm³/mol. The van der Waals surface area contributed by atoms with E-state index in [0.29, 0.717) is 6.61 Å². The first-order valence-corrected chi connectivity index (χ1v) is 6.27. The molecule has 0 spiro atoms. The monoisotopic (exact) mass is 250 g/mol. The van der Waals surface area contributed by atoms with E-state index >= 15 is 0 Å². The predicted octanol–water partition coefficient (Wildman–Crippen LogP) is 2.95. The van der Waals surface area contributed by atoms with E-state index in [1.54, 1.807) is 6.92 Å². The van der Waals surface area contributed by atoms with Crippen molar-refractivity contribution >= 4 is 5.97 Å². The van der Waals surface area contributed by atoms with E-state index in [2.05, 4.69) is 0 Å². The maximum Gasteiger partial charge on any atom is 0.312 e. The van der Waals surface area contributed by atoms with Gasteiger partial charge in [0.05, 0.1) is 18.6 Å². The lowest BCUT2D eigenvalue weighted by atomic mass is 9.75. The van der Waals surface area contributed by atoms with Crippen molar-refractivity contribution in [3.63, 3.8) is 0 Å². The smallest absolute Gasteiger partial charge is 0.312 e. The summed E-state index contributed by atoms with van der Waals surface area (Å²) in [6.07, 6.45) is -0.842. The molecule has 2 atom stereocenters. The molecule has 0 unspecified atom stereocenters. The van der Waals surface area contributed by atoms with Gasteiger partial charge >= 0.3 is 5.97 Å². The van der Waals surface area contributed by atoms with Gasteiger partial charge in [-0.25, -0.2) is 0 Å². The molecule has 0 saturated carbocycles. The van der Waals surface area contributed by atoms with Crippen molar-refractivity contribution in [2.75, 3.05) is 6.61 Å². The second kappa shape index (κ2) is 6.01. The number of hydrogen-bond donors (Lipinski definition) is 1. The van der Waals surface area contributed by atoms with Crippen LogP contribution in [0.5, 0.6) is 0 Å². The van der Waals surface area contributed by atoms with Gasteiger partial charge in [0.25, 0.3) is 0 Å². The molecule has 0 fully saturated rings. The average molecular weight is 250 g/mol. The molecule has 0 heterocycles. The van der Waals surface area contributed by atoms with Crippen LogP contribution in [0.2, 0.25) is 0 Å². The fourth-order valence-corrected chi connectivity index (χ4v) is 2.03. The highest BCUT2D eigenvalue weighted by atomic mass is 16.5. The molecule has 0 amide bonds. The molecule has 18 heavy (non-hydrogen) atoms. The Morgan fingerprint density at radius 3 is 2.28 bits per heavy atom. The van der Waals surface area contributed by atoms with E-state index in [4.69, 9.17) is 4.74 Å². The fraction of sp³-hybridized carbons (Fsp3) is 0.533. The molecule has 0 bridgehead atoms. The molecule has 3 nitrogen and oxygen atoms in total. The molecule has 1 N–H and O–H groups in total. The lowest BCUT2D eigenvalue weighted by Crippen LogP contribution is -2.35. The molecule has 3 heteroatoms. The minimum atomic E-state index is -0.842. The van der Waals surface area contributed by atoms with Crippen molar-refractivity contribution in [2.45, 2.75) is 33.8 Å². The van der Waals surface area contributed by atoms with Crippen LogP contribution < -0.4 is 0 Å². The van der Waals surface area contributed by atoms with Crippen LogP contribution in [0.3, 0.4) is 0 Å². The van der Waals surface area contributed by atoms with E-state index in [-0.39, 0.29) is 11.4 Å². The third-order valence-electron chi connectivity index (χ3n) is 2.93. The van der Waals surface area contributed by atoms with Crippen LogP contribution in [-0.4, -0.2) is 17.7 Å². The Kier molecular flexibility index (Phi) is 4.91. The van der Waals surface area contributed by atoms with Gasteiger partial charge in [0.2, 0.25) is 0 Å². The number of rotatable bonds is 4. The molecule has 1 rings (SSSR count). The molecule has 0 aliphatic heterocycles. The summed E-state index contributed by atoms with van der Waals surface area (Å²) in [5.41, 5.74) is 0.382. The number of carbonyl (C=O) groups excluding carboxylic acids is 1. The molecule has 1 aromatic carbocycles. The standard InChI is InChI=1S/C15H22O3/c1-5-18-14(17)12(15(2,3)4)13(16)11-9-7-6-8-10-11/h6-10,12-13,16H,5H2,1-4H3/t12-,13+/m0/s1. The minimum absolute atomic E-state index is 0.326. The third kappa shape index (κ3) is 3.57. The third-order valence-corrected chi connectivity index (χ3v) is 2.93. The van der Waals surface area contributed by atoms with Gasteiger partial charge in [-0.15, -0.1) is 0 Å². The Hall–Kier alpha value is -1.35. The Morgan fingerprint density at radius 2 is 1.83 bits per heavy atom. The summed E-state index contributed by atoms with van der Waals surface area (Å²) in [7, 11) is 0. The lowest BCUT2D eigenvalue weighted by molar-refractivity contribution is -0.158. The first kappa shape index (κ1) is 14.7. The Balaban J connectivity index is 3.01. The van der Waals surface area contributed by atoms with E-state index < -0.39 is 12.0 Å². The van der Waals surface area contributed by atoms with Gasteiger partial charge < -0.3 is 9.84 Å². The van der Waals surface area contributed by atoms with Crippen molar-refractivity contribution in [3.05, 3.63) is 35.9 Å². The van der Waals surface area contributed by atoms with Crippen molar-refractivity contribution in [1.82, 2.24) is 0 Å². The number of carbonyl (C=O) groups is 1. The maximum absolute atomic E-state index is 12.0. The number of ether oxygens (including phenoxy) is 1. The summed E-state index contributed by atoms with van der Waals surface area (Å²) in [5, 5.41) is 10.4. The zero-order valence-electron chi connectivity index (χ0n) is 11.5.